The van der Waals surface area contributed by atoms with Crippen LogP contribution in [-0.4, -0.2) is 50.1 Å². The molecule has 0 aromatic heterocycles. The van der Waals surface area contributed by atoms with Crippen molar-refractivity contribution in [2.24, 2.45) is 0 Å². The second kappa shape index (κ2) is 9.06. The van der Waals surface area contributed by atoms with Crippen LogP contribution in [0, 0.1) is 0 Å². The quantitative estimate of drug-likeness (QED) is 0.592. The first-order valence-electron chi connectivity index (χ1n) is 11.9. The maximum absolute atomic E-state index is 13.5. The van der Waals surface area contributed by atoms with Gasteiger partial charge in [-0.3, -0.25) is 9.69 Å². The first kappa shape index (κ1) is 21.8. The van der Waals surface area contributed by atoms with Gasteiger partial charge < -0.3 is 15.0 Å². The van der Waals surface area contributed by atoms with Crippen molar-refractivity contribution in [3.8, 4) is 5.75 Å². The Kier molecular flexibility index (Phi) is 5.98. The van der Waals surface area contributed by atoms with Gasteiger partial charge in [-0.25, -0.2) is 0 Å². The number of carbonyl (C=O) groups excluding carboxylic acids is 1. The third kappa shape index (κ3) is 4.18. The SMILES string of the molecule is COc1c(C(=O)NC2CC3CCC(C2)N3Cc2ccccc2)cc(N(C)C)c2ccccc12. The zero-order valence-electron chi connectivity index (χ0n) is 19.8. The second-order valence-corrected chi connectivity index (χ2v) is 9.60. The van der Waals surface area contributed by atoms with E-state index in [1.165, 1.54) is 18.4 Å². The fourth-order valence-electron chi connectivity index (χ4n) is 5.80. The van der Waals surface area contributed by atoms with Crippen molar-refractivity contribution in [1.82, 2.24) is 10.2 Å². The summed E-state index contributed by atoms with van der Waals surface area (Å²) >= 11 is 0. The molecule has 2 aliphatic heterocycles. The molecule has 0 aliphatic carbocycles. The molecule has 1 N–H and O–H groups in total. The Morgan fingerprint density at radius 1 is 1.00 bits per heavy atom. The smallest absolute Gasteiger partial charge is 0.255 e. The Bertz CT molecular complexity index is 1130. The van der Waals surface area contributed by atoms with E-state index < -0.39 is 0 Å². The van der Waals surface area contributed by atoms with Crippen molar-refractivity contribution >= 4 is 22.4 Å². The van der Waals surface area contributed by atoms with Crippen LogP contribution in [0.3, 0.4) is 0 Å². The van der Waals surface area contributed by atoms with Crippen molar-refractivity contribution in [2.75, 3.05) is 26.1 Å². The first-order chi connectivity index (χ1) is 16.0. The molecule has 1 amide bonds. The number of methoxy groups -OCH3 is 1. The highest BCUT2D eigenvalue weighted by atomic mass is 16.5. The second-order valence-electron chi connectivity index (χ2n) is 9.60. The standard InChI is InChI=1S/C28H33N3O2/c1-30(2)26-17-25(27(33-3)24-12-8-7-11-23(24)26)28(32)29-20-15-21-13-14-22(16-20)31(21)18-19-9-5-4-6-10-19/h4-12,17,20-22H,13-16,18H2,1-3H3,(H,29,32). The topological polar surface area (TPSA) is 44.8 Å². The van der Waals surface area contributed by atoms with Gasteiger partial charge >= 0.3 is 0 Å². The van der Waals surface area contributed by atoms with Crippen molar-refractivity contribution < 1.29 is 9.53 Å². The zero-order chi connectivity index (χ0) is 22.9. The van der Waals surface area contributed by atoms with Gasteiger partial charge in [-0.1, -0.05) is 54.6 Å². The average molecular weight is 444 g/mol. The van der Waals surface area contributed by atoms with Crippen LogP contribution in [0.1, 0.15) is 41.6 Å². The molecule has 2 unspecified atom stereocenters. The lowest BCUT2D eigenvalue weighted by Crippen LogP contribution is -2.50. The number of nitrogens with one attached hydrogen (secondary N) is 1. The molecular weight excluding hydrogens is 410 g/mol. The molecule has 3 aromatic rings. The maximum Gasteiger partial charge on any atom is 0.255 e. The van der Waals surface area contributed by atoms with Crippen molar-refractivity contribution in [1.29, 1.82) is 0 Å². The van der Waals surface area contributed by atoms with Crippen LogP contribution in [0.15, 0.2) is 60.7 Å². The molecule has 5 heteroatoms. The molecule has 2 bridgehead atoms. The number of piperidine rings is 1. The van der Waals surface area contributed by atoms with Gasteiger partial charge in [0.25, 0.3) is 5.91 Å². The Morgan fingerprint density at radius 2 is 1.64 bits per heavy atom. The molecule has 33 heavy (non-hydrogen) atoms. The van der Waals surface area contributed by atoms with Gasteiger partial charge in [0.1, 0.15) is 5.75 Å². The van der Waals surface area contributed by atoms with E-state index in [1.54, 1.807) is 7.11 Å². The summed E-state index contributed by atoms with van der Waals surface area (Å²) in [4.78, 5) is 18.2. The number of hydrogen-bond donors (Lipinski definition) is 1. The van der Waals surface area contributed by atoms with Crippen LogP contribution in [0.4, 0.5) is 5.69 Å². The Balaban J connectivity index is 1.36. The van der Waals surface area contributed by atoms with Gasteiger partial charge in [0.15, 0.2) is 0 Å². The number of rotatable bonds is 6. The predicted molar refractivity (Wildman–Crippen MR) is 134 cm³/mol. The van der Waals surface area contributed by atoms with Crippen LogP contribution >= 0.6 is 0 Å². The highest BCUT2D eigenvalue weighted by Gasteiger charge is 2.41. The molecule has 5 rings (SSSR count). The Morgan fingerprint density at radius 3 is 2.27 bits per heavy atom. The van der Waals surface area contributed by atoms with E-state index in [1.807, 2.05) is 38.4 Å². The number of amides is 1. The summed E-state index contributed by atoms with van der Waals surface area (Å²) in [5.41, 5.74) is 3.00. The van der Waals surface area contributed by atoms with Gasteiger partial charge in [-0.2, -0.15) is 0 Å². The number of hydrogen-bond acceptors (Lipinski definition) is 4. The first-order valence-corrected chi connectivity index (χ1v) is 11.9. The largest absolute Gasteiger partial charge is 0.495 e. The molecule has 0 spiro atoms. The van der Waals surface area contributed by atoms with Gasteiger partial charge in [0.05, 0.1) is 12.7 Å². The van der Waals surface area contributed by atoms with E-state index in [-0.39, 0.29) is 11.9 Å². The van der Waals surface area contributed by atoms with E-state index in [4.69, 9.17) is 4.74 Å². The summed E-state index contributed by atoms with van der Waals surface area (Å²) in [5.74, 6) is 0.611. The van der Waals surface area contributed by atoms with Crippen molar-refractivity contribution in [3.05, 3.63) is 71.8 Å². The summed E-state index contributed by atoms with van der Waals surface area (Å²) in [6.07, 6.45) is 4.44. The maximum atomic E-state index is 13.5. The van der Waals surface area contributed by atoms with Crippen LogP contribution in [0.25, 0.3) is 10.8 Å². The van der Waals surface area contributed by atoms with Gasteiger partial charge in [-0.15, -0.1) is 0 Å². The highest BCUT2D eigenvalue weighted by molar-refractivity contribution is 6.08. The molecule has 2 aliphatic rings. The Labute approximate surface area is 196 Å². The fourth-order valence-corrected chi connectivity index (χ4v) is 5.80. The molecule has 2 fully saturated rings. The third-order valence-electron chi connectivity index (χ3n) is 7.33. The molecule has 5 nitrogen and oxygen atoms in total. The Hall–Kier alpha value is -3.05. The third-order valence-corrected chi connectivity index (χ3v) is 7.33. The number of nitrogens with zero attached hydrogens (tertiary/aromatic N) is 2. The van der Waals surface area contributed by atoms with E-state index in [9.17, 15) is 4.79 Å². The lowest BCUT2D eigenvalue weighted by molar-refractivity contribution is 0.0825. The van der Waals surface area contributed by atoms with E-state index in [2.05, 4.69) is 51.5 Å². The lowest BCUT2D eigenvalue weighted by atomic mass is 9.95. The molecule has 2 saturated heterocycles. The summed E-state index contributed by atoms with van der Waals surface area (Å²) in [6.45, 7) is 1.00. The fraction of sp³-hybridized carbons (Fsp3) is 0.393. The number of anilines is 1. The number of carbonyl (C=O) groups is 1. The van der Waals surface area contributed by atoms with Crippen LogP contribution in [0.5, 0.6) is 5.75 Å². The molecule has 0 radical (unpaired) electrons. The average Bonchev–Trinajstić information content (AvgIpc) is 3.05. The zero-order valence-corrected chi connectivity index (χ0v) is 19.8. The lowest BCUT2D eigenvalue weighted by Gasteiger charge is -2.39. The number of ether oxygens (including phenoxy) is 1. The van der Waals surface area contributed by atoms with Crippen molar-refractivity contribution in [3.63, 3.8) is 0 Å². The molecule has 3 aromatic carbocycles. The summed E-state index contributed by atoms with van der Waals surface area (Å²) < 4.78 is 5.75. The highest BCUT2D eigenvalue weighted by Crippen LogP contribution is 2.39. The molecule has 2 atom stereocenters. The normalized spacial score (nSPS) is 22.3. The van der Waals surface area contributed by atoms with Crippen LogP contribution in [-0.2, 0) is 6.54 Å². The minimum Gasteiger partial charge on any atom is -0.495 e. The molecular formula is C28H33N3O2. The number of benzene rings is 3. The van der Waals surface area contributed by atoms with Gasteiger partial charge in [0.2, 0.25) is 0 Å². The summed E-state index contributed by atoms with van der Waals surface area (Å²) in [6, 6.07) is 22.1. The van der Waals surface area contributed by atoms with E-state index >= 15 is 0 Å². The van der Waals surface area contributed by atoms with Gasteiger partial charge in [-0.05, 0) is 37.3 Å². The monoisotopic (exact) mass is 443 g/mol. The molecule has 2 heterocycles. The van der Waals surface area contributed by atoms with Crippen molar-refractivity contribution in [2.45, 2.75) is 50.4 Å². The molecule has 0 saturated carbocycles. The van der Waals surface area contributed by atoms with E-state index in [0.717, 1.165) is 35.8 Å². The van der Waals surface area contributed by atoms with Crippen LogP contribution < -0.4 is 15.0 Å². The van der Waals surface area contributed by atoms with Gasteiger partial charge in [0, 0.05) is 55.2 Å². The number of fused-ring (bicyclic) bond motifs is 3. The summed E-state index contributed by atoms with van der Waals surface area (Å²) in [5, 5.41) is 5.41. The minimum absolute atomic E-state index is 0.0402. The molecule has 172 valence electrons. The minimum atomic E-state index is -0.0402. The van der Waals surface area contributed by atoms with E-state index in [0.29, 0.717) is 23.4 Å². The predicted octanol–water partition coefficient (Wildman–Crippen LogP) is 4.84. The summed E-state index contributed by atoms with van der Waals surface area (Å²) in [7, 11) is 5.67. The van der Waals surface area contributed by atoms with Crippen LogP contribution in [0.2, 0.25) is 0 Å².